The standard InChI is InChI=1S/C14H16N6S/c15-12-17-13(19-8-4-1-5-9-19)18-20(12)14-16-10-6-2-3-7-11(10)21-14/h2-3,6-7H,1,4-5,8-9H2,(H2,15,17,18). The van der Waals surface area contributed by atoms with Gasteiger partial charge in [-0.05, 0) is 31.4 Å². The quantitative estimate of drug-likeness (QED) is 0.787. The van der Waals surface area contributed by atoms with Crippen LogP contribution in [0.15, 0.2) is 24.3 Å². The summed E-state index contributed by atoms with van der Waals surface area (Å²) in [4.78, 5) is 11.2. The lowest BCUT2D eigenvalue weighted by Gasteiger charge is -2.24. The van der Waals surface area contributed by atoms with E-state index in [9.17, 15) is 0 Å². The maximum atomic E-state index is 6.03. The third kappa shape index (κ3) is 2.23. The molecule has 0 saturated carbocycles. The van der Waals surface area contributed by atoms with E-state index in [1.807, 2.05) is 18.2 Å². The van der Waals surface area contributed by atoms with E-state index in [-0.39, 0.29) is 0 Å². The fourth-order valence-electron chi connectivity index (χ4n) is 2.63. The Morgan fingerprint density at radius 1 is 1.05 bits per heavy atom. The first kappa shape index (κ1) is 12.6. The number of anilines is 2. The Balaban J connectivity index is 1.72. The van der Waals surface area contributed by atoms with Crippen LogP contribution in [0.2, 0.25) is 0 Å². The van der Waals surface area contributed by atoms with Gasteiger partial charge in [0.1, 0.15) is 0 Å². The van der Waals surface area contributed by atoms with Gasteiger partial charge in [-0.2, -0.15) is 9.67 Å². The number of rotatable bonds is 2. The topological polar surface area (TPSA) is 72.9 Å². The van der Waals surface area contributed by atoms with Gasteiger partial charge in [-0.3, -0.25) is 0 Å². The summed E-state index contributed by atoms with van der Waals surface area (Å²) in [6.07, 6.45) is 3.66. The molecule has 1 fully saturated rings. The lowest BCUT2D eigenvalue weighted by atomic mass is 10.1. The molecular weight excluding hydrogens is 284 g/mol. The van der Waals surface area contributed by atoms with Crippen molar-refractivity contribution in [3.63, 3.8) is 0 Å². The monoisotopic (exact) mass is 300 g/mol. The van der Waals surface area contributed by atoms with E-state index in [0.717, 1.165) is 28.4 Å². The van der Waals surface area contributed by atoms with Crippen LogP contribution >= 0.6 is 11.3 Å². The fourth-order valence-corrected chi connectivity index (χ4v) is 3.56. The van der Waals surface area contributed by atoms with Crippen molar-refractivity contribution < 1.29 is 0 Å². The van der Waals surface area contributed by atoms with Crippen LogP contribution in [0.3, 0.4) is 0 Å². The van der Waals surface area contributed by atoms with Crippen LogP contribution in [-0.2, 0) is 0 Å². The van der Waals surface area contributed by atoms with E-state index in [1.54, 1.807) is 16.0 Å². The van der Waals surface area contributed by atoms with Gasteiger partial charge in [-0.15, -0.1) is 5.10 Å². The van der Waals surface area contributed by atoms with Crippen molar-refractivity contribution in [3.8, 4) is 5.13 Å². The van der Waals surface area contributed by atoms with Crippen LogP contribution in [0, 0.1) is 0 Å². The SMILES string of the molecule is Nc1nc(N2CCCCC2)nn1-c1nc2ccccc2s1. The van der Waals surface area contributed by atoms with Crippen molar-refractivity contribution in [3.05, 3.63) is 24.3 Å². The molecule has 21 heavy (non-hydrogen) atoms. The van der Waals surface area contributed by atoms with Crippen LogP contribution in [0.5, 0.6) is 0 Å². The zero-order valence-electron chi connectivity index (χ0n) is 11.6. The molecule has 0 amide bonds. The van der Waals surface area contributed by atoms with Gasteiger partial charge in [0.25, 0.3) is 0 Å². The molecule has 0 radical (unpaired) electrons. The number of para-hydroxylation sites is 1. The Morgan fingerprint density at radius 2 is 1.86 bits per heavy atom. The van der Waals surface area contributed by atoms with Crippen LogP contribution in [0.1, 0.15) is 19.3 Å². The molecule has 7 heteroatoms. The molecule has 1 aliphatic heterocycles. The second-order valence-electron chi connectivity index (χ2n) is 5.19. The van der Waals surface area contributed by atoms with Gasteiger partial charge < -0.3 is 10.6 Å². The molecule has 1 aromatic carbocycles. The van der Waals surface area contributed by atoms with E-state index in [0.29, 0.717) is 11.9 Å². The Bertz CT molecular complexity index is 738. The minimum Gasteiger partial charge on any atom is -0.368 e. The lowest BCUT2D eigenvalue weighted by molar-refractivity contribution is 0.568. The zero-order chi connectivity index (χ0) is 14.2. The molecular formula is C14H16N6S. The highest BCUT2D eigenvalue weighted by Gasteiger charge is 2.19. The predicted octanol–water partition coefficient (Wildman–Crippen LogP) is 2.45. The molecule has 1 aliphatic rings. The van der Waals surface area contributed by atoms with Gasteiger partial charge in [-0.1, -0.05) is 23.5 Å². The number of hydrogen-bond acceptors (Lipinski definition) is 6. The number of nitrogens with two attached hydrogens (primary N) is 1. The number of aromatic nitrogens is 4. The zero-order valence-corrected chi connectivity index (χ0v) is 12.4. The third-order valence-corrected chi connectivity index (χ3v) is 4.74. The molecule has 3 heterocycles. The number of thiazole rings is 1. The van der Waals surface area contributed by atoms with Crippen LogP contribution in [0.25, 0.3) is 15.3 Å². The minimum atomic E-state index is 0.398. The van der Waals surface area contributed by atoms with Crippen molar-refractivity contribution >= 4 is 33.5 Å². The van der Waals surface area contributed by atoms with Gasteiger partial charge in [0.15, 0.2) is 0 Å². The first-order valence-electron chi connectivity index (χ1n) is 7.15. The highest BCUT2D eigenvalue weighted by Crippen LogP contribution is 2.26. The van der Waals surface area contributed by atoms with E-state index >= 15 is 0 Å². The molecule has 2 aromatic heterocycles. The van der Waals surface area contributed by atoms with E-state index < -0.39 is 0 Å². The summed E-state index contributed by atoms with van der Waals surface area (Å²) >= 11 is 1.58. The first-order chi connectivity index (χ1) is 10.3. The maximum absolute atomic E-state index is 6.03. The van der Waals surface area contributed by atoms with Crippen molar-refractivity contribution in [1.82, 2.24) is 19.7 Å². The predicted molar refractivity (Wildman–Crippen MR) is 85.0 cm³/mol. The van der Waals surface area contributed by atoms with Gasteiger partial charge >= 0.3 is 0 Å². The normalized spacial score (nSPS) is 15.7. The van der Waals surface area contributed by atoms with Crippen molar-refractivity contribution in [1.29, 1.82) is 0 Å². The summed E-state index contributed by atoms with van der Waals surface area (Å²) in [6.45, 7) is 2.01. The smallest absolute Gasteiger partial charge is 0.247 e. The number of nitrogens with zero attached hydrogens (tertiary/aromatic N) is 5. The number of fused-ring (bicyclic) bond motifs is 1. The number of benzene rings is 1. The summed E-state index contributed by atoms with van der Waals surface area (Å²) in [5, 5.41) is 5.32. The van der Waals surface area contributed by atoms with Gasteiger partial charge in [0.2, 0.25) is 17.0 Å². The number of nitrogen functional groups attached to an aromatic ring is 1. The van der Waals surface area contributed by atoms with Crippen molar-refractivity contribution in [2.45, 2.75) is 19.3 Å². The lowest BCUT2D eigenvalue weighted by Crippen LogP contribution is -2.30. The van der Waals surface area contributed by atoms with Gasteiger partial charge in [0, 0.05) is 13.1 Å². The van der Waals surface area contributed by atoms with E-state index in [2.05, 4.69) is 26.0 Å². The second-order valence-corrected chi connectivity index (χ2v) is 6.20. The minimum absolute atomic E-state index is 0.398. The Morgan fingerprint density at radius 3 is 2.67 bits per heavy atom. The van der Waals surface area contributed by atoms with E-state index in [1.165, 1.54) is 19.3 Å². The average Bonchev–Trinajstić information content (AvgIpc) is 3.11. The Labute approximate surface area is 126 Å². The van der Waals surface area contributed by atoms with Crippen molar-refractivity contribution in [2.24, 2.45) is 0 Å². The molecule has 108 valence electrons. The highest BCUT2D eigenvalue weighted by atomic mass is 32.1. The number of piperidine rings is 1. The third-order valence-electron chi connectivity index (χ3n) is 3.72. The summed E-state index contributed by atoms with van der Waals surface area (Å²) in [7, 11) is 0. The molecule has 0 atom stereocenters. The van der Waals surface area contributed by atoms with Gasteiger partial charge in [-0.25, -0.2) is 4.98 Å². The molecule has 4 rings (SSSR count). The Kier molecular flexibility index (Phi) is 2.99. The summed E-state index contributed by atoms with van der Waals surface area (Å²) in [6, 6.07) is 8.03. The fraction of sp³-hybridized carbons (Fsp3) is 0.357. The molecule has 6 nitrogen and oxygen atoms in total. The molecule has 0 unspecified atom stereocenters. The van der Waals surface area contributed by atoms with Crippen LogP contribution in [-0.4, -0.2) is 32.8 Å². The first-order valence-corrected chi connectivity index (χ1v) is 7.96. The largest absolute Gasteiger partial charge is 0.368 e. The highest BCUT2D eigenvalue weighted by molar-refractivity contribution is 7.20. The van der Waals surface area contributed by atoms with Crippen molar-refractivity contribution in [2.75, 3.05) is 23.7 Å². The molecule has 1 saturated heterocycles. The maximum Gasteiger partial charge on any atom is 0.247 e. The molecule has 0 bridgehead atoms. The summed E-state index contributed by atoms with van der Waals surface area (Å²) in [5.74, 6) is 1.11. The molecule has 0 spiro atoms. The van der Waals surface area contributed by atoms with Crippen LogP contribution in [0.4, 0.5) is 11.9 Å². The number of hydrogen-bond donors (Lipinski definition) is 1. The van der Waals surface area contributed by atoms with Gasteiger partial charge in [0.05, 0.1) is 10.2 Å². The molecule has 2 N–H and O–H groups in total. The summed E-state index contributed by atoms with van der Waals surface area (Å²) in [5.41, 5.74) is 7.00. The van der Waals surface area contributed by atoms with Crippen LogP contribution < -0.4 is 10.6 Å². The second kappa shape index (κ2) is 5.00. The summed E-state index contributed by atoms with van der Waals surface area (Å²) < 4.78 is 2.77. The van der Waals surface area contributed by atoms with E-state index in [4.69, 9.17) is 5.73 Å². The molecule has 0 aliphatic carbocycles. The molecule has 3 aromatic rings. The average molecular weight is 300 g/mol. The Hall–Kier alpha value is -2.15.